The second-order valence-corrected chi connectivity index (χ2v) is 7.35. The van der Waals surface area contributed by atoms with Crippen molar-refractivity contribution in [2.45, 2.75) is 44.9 Å². The number of hydrogen-bond acceptors (Lipinski definition) is 3. The molecule has 20 heavy (non-hydrogen) atoms. The molecule has 0 aliphatic carbocycles. The Bertz CT molecular complexity index is 601. The van der Waals surface area contributed by atoms with Crippen molar-refractivity contribution in [2.24, 2.45) is 10.4 Å². The molecule has 1 fully saturated rings. The van der Waals surface area contributed by atoms with Crippen molar-refractivity contribution < 1.29 is 4.74 Å². The van der Waals surface area contributed by atoms with Gasteiger partial charge < -0.3 is 9.64 Å². The third-order valence-corrected chi connectivity index (χ3v) is 5.08. The summed E-state index contributed by atoms with van der Waals surface area (Å²) in [5, 5.41) is 0. The number of hydrogen-bond donors (Lipinski definition) is 0. The van der Waals surface area contributed by atoms with Crippen molar-refractivity contribution in [3.05, 3.63) is 29.8 Å². The summed E-state index contributed by atoms with van der Waals surface area (Å²) in [5.74, 6) is 0. The van der Waals surface area contributed by atoms with E-state index in [1.807, 2.05) is 0 Å². The number of ether oxygens (including phenoxy) is 1. The summed E-state index contributed by atoms with van der Waals surface area (Å²) in [6.45, 7) is 7.68. The fraction of sp³-hybridized carbons (Fsp3) is 0.588. The van der Waals surface area contributed by atoms with Crippen LogP contribution in [0.15, 0.2) is 29.3 Å². The number of benzene rings is 1. The van der Waals surface area contributed by atoms with Gasteiger partial charge in [0.25, 0.3) is 0 Å². The van der Waals surface area contributed by atoms with Gasteiger partial charge in [-0.05, 0) is 23.5 Å². The van der Waals surface area contributed by atoms with E-state index in [2.05, 4.69) is 57.0 Å². The summed E-state index contributed by atoms with van der Waals surface area (Å²) in [5.41, 5.74) is 4.10. The van der Waals surface area contributed by atoms with Crippen LogP contribution in [-0.4, -0.2) is 31.6 Å². The van der Waals surface area contributed by atoms with Gasteiger partial charge in [0.15, 0.2) is 0 Å². The number of para-hydroxylation sites is 1. The van der Waals surface area contributed by atoms with Crippen molar-refractivity contribution in [1.82, 2.24) is 0 Å². The van der Waals surface area contributed by atoms with E-state index in [1.54, 1.807) is 0 Å². The molecule has 106 valence electrons. The first-order chi connectivity index (χ1) is 9.46. The molecule has 0 aromatic heterocycles. The predicted octanol–water partition coefficient (Wildman–Crippen LogP) is 2.99. The molecule has 0 radical (unpaired) electrons. The Hall–Kier alpha value is -1.35. The quantitative estimate of drug-likeness (QED) is 0.724. The first-order valence-corrected chi connectivity index (χ1v) is 7.49. The Morgan fingerprint density at radius 1 is 1.30 bits per heavy atom. The topological polar surface area (TPSA) is 24.8 Å². The Kier molecular flexibility index (Phi) is 2.26. The molecule has 1 aromatic carbocycles. The largest absolute Gasteiger partial charge is 0.348 e. The first-order valence-electron chi connectivity index (χ1n) is 7.49. The lowest BCUT2D eigenvalue weighted by Gasteiger charge is -2.29. The standard InChI is InChI=1S/C17H22N2O/c1-16(2,3)14-13-17(9-10-18-13)11-7-5-6-8-12(11)19(4)15(17)20-14/h5-8,14-15H,9-10H2,1-4H3/t14-,15-,17+/m0/s1. The van der Waals surface area contributed by atoms with Crippen LogP contribution in [0.2, 0.25) is 0 Å². The minimum absolute atomic E-state index is 0.00326. The summed E-state index contributed by atoms with van der Waals surface area (Å²) >= 11 is 0. The second kappa shape index (κ2) is 3.64. The highest BCUT2D eigenvalue weighted by Gasteiger charge is 2.64. The molecule has 0 amide bonds. The Morgan fingerprint density at radius 3 is 2.80 bits per heavy atom. The van der Waals surface area contributed by atoms with Crippen LogP contribution in [0.4, 0.5) is 5.69 Å². The van der Waals surface area contributed by atoms with Crippen LogP contribution in [-0.2, 0) is 10.2 Å². The van der Waals surface area contributed by atoms with Gasteiger partial charge in [-0.1, -0.05) is 39.0 Å². The van der Waals surface area contributed by atoms with Gasteiger partial charge in [0.2, 0.25) is 0 Å². The van der Waals surface area contributed by atoms with E-state index in [-0.39, 0.29) is 23.2 Å². The fourth-order valence-corrected chi connectivity index (χ4v) is 4.22. The summed E-state index contributed by atoms with van der Waals surface area (Å²) in [6.07, 6.45) is 1.33. The third kappa shape index (κ3) is 1.27. The normalized spacial score (nSPS) is 34.8. The number of likely N-dealkylation sites (N-methyl/N-ethyl adjacent to an activating group) is 1. The summed E-state index contributed by atoms with van der Waals surface area (Å²) in [6, 6.07) is 8.72. The van der Waals surface area contributed by atoms with Crippen molar-refractivity contribution >= 4 is 11.4 Å². The highest BCUT2D eigenvalue weighted by Crippen LogP contribution is 2.56. The molecule has 3 heteroatoms. The number of rotatable bonds is 0. The van der Waals surface area contributed by atoms with Gasteiger partial charge in [0.05, 0.1) is 11.1 Å². The molecule has 1 spiro atoms. The molecule has 3 aliphatic heterocycles. The lowest BCUT2D eigenvalue weighted by molar-refractivity contribution is -0.0104. The van der Waals surface area contributed by atoms with Crippen LogP contribution >= 0.6 is 0 Å². The number of aliphatic imine (C=N–C) groups is 1. The van der Waals surface area contributed by atoms with Gasteiger partial charge in [0.1, 0.15) is 12.3 Å². The highest BCUT2D eigenvalue weighted by atomic mass is 16.5. The van der Waals surface area contributed by atoms with Gasteiger partial charge in [-0.15, -0.1) is 0 Å². The number of fused-ring (bicyclic) bond motifs is 1. The molecule has 0 N–H and O–H groups in total. The molecule has 0 unspecified atom stereocenters. The first kappa shape index (κ1) is 12.4. The average Bonchev–Trinajstić information content (AvgIpc) is 2.99. The van der Waals surface area contributed by atoms with Crippen molar-refractivity contribution in [1.29, 1.82) is 0 Å². The summed E-state index contributed by atoms with van der Waals surface area (Å²) < 4.78 is 6.50. The maximum atomic E-state index is 6.50. The monoisotopic (exact) mass is 270 g/mol. The van der Waals surface area contributed by atoms with E-state index >= 15 is 0 Å². The van der Waals surface area contributed by atoms with Gasteiger partial charge in [-0.2, -0.15) is 0 Å². The van der Waals surface area contributed by atoms with Crippen LogP contribution in [0.1, 0.15) is 32.8 Å². The number of anilines is 1. The molecular weight excluding hydrogens is 248 g/mol. The smallest absolute Gasteiger partial charge is 0.146 e. The van der Waals surface area contributed by atoms with Crippen LogP contribution in [0.5, 0.6) is 0 Å². The molecule has 0 bridgehead atoms. The van der Waals surface area contributed by atoms with E-state index in [0.717, 1.165) is 13.0 Å². The molecule has 0 saturated carbocycles. The maximum Gasteiger partial charge on any atom is 0.146 e. The molecule has 3 aliphatic rings. The zero-order valence-corrected chi connectivity index (χ0v) is 12.7. The van der Waals surface area contributed by atoms with Crippen LogP contribution < -0.4 is 4.90 Å². The van der Waals surface area contributed by atoms with Crippen LogP contribution in [0.3, 0.4) is 0 Å². The SMILES string of the molecule is CN1c2ccccc2[C@]23CCN=C2[C@@H](C(C)(C)C)O[C@H]13. The molecular formula is C17H22N2O. The lowest BCUT2D eigenvalue weighted by Crippen LogP contribution is -2.42. The Balaban J connectivity index is 1.92. The van der Waals surface area contributed by atoms with E-state index in [1.165, 1.54) is 17.0 Å². The van der Waals surface area contributed by atoms with Crippen LogP contribution in [0, 0.1) is 5.41 Å². The lowest BCUT2D eigenvalue weighted by atomic mass is 9.72. The second-order valence-electron chi connectivity index (χ2n) is 7.35. The van der Waals surface area contributed by atoms with Gasteiger partial charge in [-0.25, -0.2) is 0 Å². The van der Waals surface area contributed by atoms with E-state index in [9.17, 15) is 0 Å². The Morgan fingerprint density at radius 2 is 2.05 bits per heavy atom. The molecule has 3 atom stereocenters. The van der Waals surface area contributed by atoms with Crippen molar-refractivity contribution in [2.75, 3.05) is 18.5 Å². The summed E-state index contributed by atoms with van der Waals surface area (Å²) in [4.78, 5) is 7.18. The van der Waals surface area contributed by atoms with Crippen molar-refractivity contribution in [3.8, 4) is 0 Å². The molecule has 1 aromatic rings. The predicted molar refractivity (Wildman–Crippen MR) is 81.6 cm³/mol. The minimum atomic E-state index is 0.00326. The van der Waals surface area contributed by atoms with E-state index in [4.69, 9.17) is 9.73 Å². The highest BCUT2D eigenvalue weighted by molar-refractivity contribution is 6.05. The van der Waals surface area contributed by atoms with Gasteiger partial charge in [0, 0.05) is 19.3 Å². The zero-order valence-electron chi connectivity index (χ0n) is 12.7. The molecule has 4 rings (SSSR count). The maximum absolute atomic E-state index is 6.50. The van der Waals surface area contributed by atoms with E-state index < -0.39 is 0 Å². The fourth-order valence-electron chi connectivity index (χ4n) is 4.22. The van der Waals surface area contributed by atoms with Gasteiger partial charge in [-0.3, -0.25) is 4.99 Å². The van der Waals surface area contributed by atoms with Gasteiger partial charge >= 0.3 is 0 Å². The zero-order chi connectivity index (χ0) is 14.1. The van der Waals surface area contributed by atoms with Crippen LogP contribution in [0.25, 0.3) is 0 Å². The van der Waals surface area contributed by atoms with E-state index in [0.29, 0.717) is 0 Å². The summed E-state index contributed by atoms with van der Waals surface area (Å²) in [7, 11) is 2.15. The molecule has 3 heterocycles. The Labute approximate surface area is 120 Å². The number of nitrogens with zero attached hydrogens (tertiary/aromatic N) is 2. The molecule has 1 saturated heterocycles. The minimum Gasteiger partial charge on any atom is -0.348 e. The van der Waals surface area contributed by atoms with Crippen molar-refractivity contribution in [3.63, 3.8) is 0 Å². The molecule has 3 nitrogen and oxygen atoms in total. The third-order valence-electron chi connectivity index (χ3n) is 5.08. The average molecular weight is 270 g/mol.